The minimum atomic E-state index is 1.01. The van der Waals surface area contributed by atoms with Gasteiger partial charge >= 0.3 is 0 Å². The van der Waals surface area contributed by atoms with Gasteiger partial charge in [0, 0.05) is 11.3 Å². The summed E-state index contributed by atoms with van der Waals surface area (Å²) in [6.07, 6.45) is 7.54. The van der Waals surface area contributed by atoms with Crippen molar-refractivity contribution < 1.29 is 0 Å². The van der Waals surface area contributed by atoms with Crippen molar-refractivity contribution in [1.29, 1.82) is 0 Å². The molecule has 0 atom stereocenters. The Morgan fingerprint density at radius 3 is 2.35 bits per heavy atom. The molecule has 2 aromatic carbocycles. The molecule has 3 rings (SSSR count). The van der Waals surface area contributed by atoms with Gasteiger partial charge in [0.1, 0.15) is 0 Å². The number of nitrogens with zero attached hydrogens (tertiary/aromatic N) is 1. The van der Waals surface area contributed by atoms with Crippen LogP contribution in [0.2, 0.25) is 0 Å². The molecule has 0 aliphatic heterocycles. The molecule has 0 bridgehead atoms. The van der Waals surface area contributed by atoms with E-state index in [2.05, 4.69) is 82.3 Å². The first-order valence-electron chi connectivity index (χ1n) is 8.15. The van der Waals surface area contributed by atoms with Crippen LogP contribution in [0.25, 0.3) is 5.57 Å². The van der Waals surface area contributed by atoms with Gasteiger partial charge in [0.2, 0.25) is 0 Å². The predicted molar refractivity (Wildman–Crippen MR) is 101 cm³/mol. The van der Waals surface area contributed by atoms with E-state index >= 15 is 0 Å². The average molecular weight is 301 g/mol. The minimum Gasteiger partial charge on any atom is -0.253 e. The van der Waals surface area contributed by atoms with Crippen LogP contribution in [0.15, 0.2) is 59.6 Å². The molecule has 23 heavy (non-hydrogen) atoms. The van der Waals surface area contributed by atoms with Crippen molar-refractivity contribution in [3.63, 3.8) is 0 Å². The fraction of sp³-hybridized carbons (Fsp3) is 0.227. The number of benzene rings is 2. The number of hydrogen-bond acceptors (Lipinski definition) is 1. The molecule has 0 N–H and O–H groups in total. The number of allylic oxidation sites excluding steroid dienone is 4. The molecule has 1 aliphatic rings. The smallest absolute Gasteiger partial charge is 0.0691 e. The molecule has 0 fully saturated rings. The zero-order chi connectivity index (χ0) is 16.4. The first-order chi connectivity index (χ1) is 11.1. The van der Waals surface area contributed by atoms with Gasteiger partial charge in [-0.1, -0.05) is 60.2 Å². The summed E-state index contributed by atoms with van der Waals surface area (Å²) in [6, 6.07) is 13.0. The van der Waals surface area contributed by atoms with Crippen molar-refractivity contribution >= 4 is 17.0 Å². The molecule has 0 radical (unpaired) electrons. The van der Waals surface area contributed by atoms with E-state index in [1.165, 1.54) is 33.4 Å². The third-order valence-electron chi connectivity index (χ3n) is 4.35. The van der Waals surface area contributed by atoms with Crippen LogP contribution in [0.4, 0.5) is 5.69 Å². The molecule has 0 saturated heterocycles. The van der Waals surface area contributed by atoms with Crippen LogP contribution in [0.1, 0.15) is 41.2 Å². The standard InChI is InChI=1S/C22H23N/c1-15-13-16(2)22(17(3)14-15)23-18(4)20-11-7-8-12-21(20)19-9-5-6-10-19/h5-9,11-14H,10H2,1-4H3. The van der Waals surface area contributed by atoms with E-state index in [-0.39, 0.29) is 0 Å². The maximum absolute atomic E-state index is 4.97. The van der Waals surface area contributed by atoms with Gasteiger partial charge in [-0.15, -0.1) is 0 Å². The van der Waals surface area contributed by atoms with Gasteiger partial charge in [-0.3, -0.25) is 4.99 Å². The second-order valence-corrected chi connectivity index (χ2v) is 6.31. The van der Waals surface area contributed by atoms with Crippen molar-refractivity contribution in [3.8, 4) is 0 Å². The van der Waals surface area contributed by atoms with E-state index in [1.54, 1.807) is 0 Å². The predicted octanol–water partition coefficient (Wildman–Crippen LogP) is 6.10. The fourth-order valence-corrected chi connectivity index (χ4v) is 3.30. The van der Waals surface area contributed by atoms with Crippen molar-refractivity contribution in [2.45, 2.75) is 34.1 Å². The van der Waals surface area contributed by atoms with E-state index in [0.717, 1.165) is 17.8 Å². The molecule has 0 spiro atoms. The third-order valence-corrected chi connectivity index (χ3v) is 4.35. The fourth-order valence-electron chi connectivity index (χ4n) is 3.30. The highest BCUT2D eigenvalue weighted by Gasteiger charge is 2.11. The molecule has 0 saturated carbocycles. The molecule has 0 unspecified atom stereocenters. The maximum Gasteiger partial charge on any atom is 0.0691 e. The highest BCUT2D eigenvalue weighted by molar-refractivity contribution is 6.04. The van der Waals surface area contributed by atoms with Crippen LogP contribution in [0, 0.1) is 20.8 Å². The zero-order valence-corrected chi connectivity index (χ0v) is 14.4. The van der Waals surface area contributed by atoms with E-state index in [4.69, 9.17) is 4.99 Å². The van der Waals surface area contributed by atoms with Crippen LogP contribution in [0.3, 0.4) is 0 Å². The summed E-state index contributed by atoms with van der Waals surface area (Å²) in [5.74, 6) is 0. The quantitative estimate of drug-likeness (QED) is 0.608. The summed E-state index contributed by atoms with van der Waals surface area (Å²) in [6.45, 7) is 8.53. The van der Waals surface area contributed by atoms with Crippen LogP contribution < -0.4 is 0 Å². The maximum atomic E-state index is 4.97. The van der Waals surface area contributed by atoms with Gasteiger partial charge in [0.15, 0.2) is 0 Å². The zero-order valence-electron chi connectivity index (χ0n) is 14.4. The van der Waals surface area contributed by atoms with Gasteiger partial charge in [0.05, 0.1) is 5.69 Å². The molecule has 2 aromatic rings. The monoisotopic (exact) mass is 301 g/mol. The summed E-state index contributed by atoms with van der Waals surface area (Å²) in [4.78, 5) is 4.97. The SMILES string of the molecule is CC(=Nc1c(C)cc(C)cc1C)c1ccccc1C1=CC=CC1. The first kappa shape index (κ1) is 15.5. The van der Waals surface area contributed by atoms with Crippen molar-refractivity contribution in [3.05, 3.63) is 82.4 Å². The summed E-state index contributed by atoms with van der Waals surface area (Å²) in [7, 11) is 0. The Bertz CT molecular complexity index is 812. The summed E-state index contributed by atoms with van der Waals surface area (Å²) < 4.78 is 0. The molecule has 0 heterocycles. The van der Waals surface area contributed by atoms with Crippen molar-refractivity contribution in [2.75, 3.05) is 0 Å². The van der Waals surface area contributed by atoms with E-state index < -0.39 is 0 Å². The Balaban J connectivity index is 2.06. The molecule has 116 valence electrons. The normalized spacial score (nSPS) is 14.3. The molecule has 1 heteroatoms. The molecule has 0 amide bonds. The highest BCUT2D eigenvalue weighted by Crippen LogP contribution is 2.29. The first-order valence-corrected chi connectivity index (χ1v) is 8.15. The molecular formula is C22H23N. The van der Waals surface area contributed by atoms with Crippen molar-refractivity contribution in [2.24, 2.45) is 4.99 Å². The Morgan fingerprint density at radius 2 is 1.70 bits per heavy atom. The van der Waals surface area contributed by atoms with Crippen LogP contribution in [-0.2, 0) is 0 Å². The molecule has 0 aromatic heterocycles. The van der Waals surface area contributed by atoms with Crippen LogP contribution >= 0.6 is 0 Å². The topological polar surface area (TPSA) is 12.4 Å². The number of hydrogen-bond donors (Lipinski definition) is 0. The number of rotatable bonds is 3. The summed E-state index contributed by atoms with van der Waals surface area (Å²) >= 11 is 0. The van der Waals surface area contributed by atoms with Gasteiger partial charge in [-0.05, 0) is 56.4 Å². The summed E-state index contributed by atoms with van der Waals surface area (Å²) in [5.41, 5.74) is 9.82. The lowest BCUT2D eigenvalue weighted by atomic mass is 9.96. The Hall–Kier alpha value is -2.41. The van der Waals surface area contributed by atoms with Gasteiger partial charge in [0.25, 0.3) is 0 Å². The minimum absolute atomic E-state index is 1.01. The Kier molecular flexibility index (Phi) is 4.29. The lowest BCUT2D eigenvalue weighted by Gasteiger charge is -2.12. The largest absolute Gasteiger partial charge is 0.253 e. The van der Waals surface area contributed by atoms with Gasteiger partial charge in [-0.25, -0.2) is 0 Å². The third kappa shape index (κ3) is 3.19. The number of aryl methyl sites for hydroxylation is 3. The van der Waals surface area contributed by atoms with Crippen LogP contribution in [-0.4, -0.2) is 5.71 Å². The molecular weight excluding hydrogens is 278 g/mol. The lowest BCUT2D eigenvalue weighted by Crippen LogP contribution is -2.00. The van der Waals surface area contributed by atoms with E-state index in [1.807, 2.05) is 0 Å². The Morgan fingerprint density at radius 1 is 1.00 bits per heavy atom. The second kappa shape index (κ2) is 6.37. The average Bonchev–Trinajstić information content (AvgIpc) is 3.05. The lowest BCUT2D eigenvalue weighted by molar-refractivity contribution is 1.28. The summed E-state index contributed by atoms with van der Waals surface area (Å²) in [5, 5.41) is 0. The molecule has 1 nitrogen and oxygen atoms in total. The highest BCUT2D eigenvalue weighted by atomic mass is 14.8. The number of aliphatic imine (C=N–C) groups is 1. The Labute approximate surface area is 139 Å². The van der Waals surface area contributed by atoms with Gasteiger partial charge in [-0.2, -0.15) is 0 Å². The van der Waals surface area contributed by atoms with Gasteiger partial charge < -0.3 is 0 Å². The van der Waals surface area contributed by atoms with Crippen molar-refractivity contribution in [1.82, 2.24) is 0 Å². The van der Waals surface area contributed by atoms with E-state index in [9.17, 15) is 0 Å². The molecule has 1 aliphatic carbocycles. The van der Waals surface area contributed by atoms with E-state index in [0.29, 0.717) is 0 Å². The van der Waals surface area contributed by atoms with Crippen LogP contribution in [0.5, 0.6) is 0 Å². The second-order valence-electron chi connectivity index (χ2n) is 6.31.